The summed E-state index contributed by atoms with van der Waals surface area (Å²) in [6, 6.07) is 8.70. The van der Waals surface area contributed by atoms with Crippen molar-refractivity contribution in [2.75, 3.05) is 13.2 Å². The third kappa shape index (κ3) is 11.7. The van der Waals surface area contributed by atoms with E-state index in [1.165, 1.54) is 11.1 Å². The highest BCUT2D eigenvalue weighted by Gasteiger charge is 1.93. The van der Waals surface area contributed by atoms with Crippen molar-refractivity contribution in [1.29, 1.82) is 0 Å². The van der Waals surface area contributed by atoms with Gasteiger partial charge in [0.15, 0.2) is 0 Å². The Morgan fingerprint density at radius 3 is 2.22 bits per heavy atom. The van der Waals surface area contributed by atoms with Crippen molar-refractivity contribution in [3.8, 4) is 0 Å². The van der Waals surface area contributed by atoms with E-state index in [1.807, 2.05) is 27.7 Å². The van der Waals surface area contributed by atoms with Gasteiger partial charge in [0, 0.05) is 13.2 Å². The van der Waals surface area contributed by atoms with E-state index in [0.717, 1.165) is 32.5 Å². The monoisotopic (exact) mass is 252 g/mol. The Kier molecular flexibility index (Phi) is 17.5. The average Bonchev–Trinajstić information content (AvgIpc) is 2.43. The van der Waals surface area contributed by atoms with E-state index in [4.69, 9.17) is 4.74 Å². The number of aryl methyl sites for hydroxylation is 2. The van der Waals surface area contributed by atoms with Crippen LogP contribution in [0.1, 0.15) is 58.6 Å². The van der Waals surface area contributed by atoms with Crippen molar-refractivity contribution in [1.82, 2.24) is 0 Å². The molecule has 0 saturated heterocycles. The number of ether oxygens (including phenoxy) is 1. The maximum Gasteiger partial charge on any atom is 0.0469 e. The van der Waals surface area contributed by atoms with Crippen LogP contribution >= 0.6 is 0 Å². The second kappa shape index (κ2) is 16.2. The van der Waals surface area contributed by atoms with Gasteiger partial charge in [-0.05, 0) is 31.7 Å². The van der Waals surface area contributed by atoms with E-state index >= 15 is 0 Å². The molecule has 0 spiro atoms. The molecule has 0 saturated carbocycles. The van der Waals surface area contributed by atoms with E-state index in [1.54, 1.807) is 0 Å². The first-order valence-corrected chi connectivity index (χ1v) is 7.46. The van der Waals surface area contributed by atoms with Gasteiger partial charge in [-0.25, -0.2) is 0 Å². The Balaban J connectivity index is 0. The van der Waals surface area contributed by atoms with Gasteiger partial charge in [-0.1, -0.05) is 64.4 Å². The van der Waals surface area contributed by atoms with Crippen LogP contribution in [-0.4, -0.2) is 13.2 Å². The Bertz CT molecular complexity index is 256. The molecule has 1 aromatic rings. The molecule has 0 heterocycles. The van der Waals surface area contributed by atoms with Gasteiger partial charge in [0.25, 0.3) is 0 Å². The molecule has 0 amide bonds. The summed E-state index contributed by atoms with van der Waals surface area (Å²) in [5.74, 6) is 0. The summed E-state index contributed by atoms with van der Waals surface area (Å²) in [5.41, 5.74) is 2.77. The largest absolute Gasteiger partial charge is 0.381 e. The quantitative estimate of drug-likeness (QED) is 0.615. The lowest BCUT2D eigenvalue weighted by Gasteiger charge is -2.03. The third-order valence-electron chi connectivity index (χ3n) is 2.19. The van der Waals surface area contributed by atoms with E-state index in [0.29, 0.717) is 0 Å². The molecule has 0 aliphatic rings. The smallest absolute Gasteiger partial charge is 0.0469 e. The van der Waals surface area contributed by atoms with E-state index in [-0.39, 0.29) is 0 Å². The van der Waals surface area contributed by atoms with Crippen LogP contribution < -0.4 is 0 Å². The molecular formula is C17H32O. The summed E-state index contributed by atoms with van der Waals surface area (Å²) in [6.45, 7) is 14.1. The molecule has 0 radical (unpaired) electrons. The lowest BCUT2D eigenvalue weighted by molar-refractivity contribution is 0.132. The van der Waals surface area contributed by atoms with Gasteiger partial charge in [0.1, 0.15) is 0 Å². The van der Waals surface area contributed by atoms with Crippen molar-refractivity contribution < 1.29 is 4.74 Å². The minimum atomic E-state index is 0.891. The Morgan fingerprint density at radius 1 is 1.00 bits per heavy atom. The summed E-state index contributed by atoms with van der Waals surface area (Å²) in [4.78, 5) is 0. The Morgan fingerprint density at radius 2 is 1.67 bits per heavy atom. The van der Waals surface area contributed by atoms with Gasteiger partial charge in [-0.2, -0.15) is 0 Å². The summed E-state index contributed by atoms with van der Waals surface area (Å²) in [7, 11) is 0. The Labute approximate surface area is 115 Å². The highest BCUT2D eigenvalue weighted by Crippen LogP contribution is 2.06. The Hall–Kier alpha value is -0.820. The van der Waals surface area contributed by atoms with Gasteiger partial charge in [-0.3, -0.25) is 0 Å². The van der Waals surface area contributed by atoms with Crippen LogP contribution in [0.2, 0.25) is 0 Å². The molecule has 18 heavy (non-hydrogen) atoms. The number of hydrogen-bond acceptors (Lipinski definition) is 1. The third-order valence-corrected chi connectivity index (χ3v) is 2.19. The molecule has 0 aliphatic carbocycles. The van der Waals surface area contributed by atoms with Crippen LogP contribution in [0.4, 0.5) is 0 Å². The predicted molar refractivity (Wildman–Crippen MR) is 83.3 cm³/mol. The zero-order valence-corrected chi connectivity index (χ0v) is 13.3. The van der Waals surface area contributed by atoms with Gasteiger partial charge < -0.3 is 4.74 Å². The molecule has 0 fully saturated rings. The molecule has 0 unspecified atom stereocenters. The van der Waals surface area contributed by atoms with Gasteiger partial charge in [0.05, 0.1) is 0 Å². The molecule has 106 valence electrons. The van der Waals surface area contributed by atoms with Crippen molar-refractivity contribution in [3.05, 3.63) is 35.4 Å². The number of rotatable bonds is 6. The van der Waals surface area contributed by atoms with Crippen molar-refractivity contribution >= 4 is 0 Å². The maximum absolute atomic E-state index is 5.43. The van der Waals surface area contributed by atoms with Crippen LogP contribution in [0.5, 0.6) is 0 Å². The van der Waals surface area contributed by atoms with E-state index in [2.05, 4.69) is 38.1 Å². The summed E-state index contributed by atoms with van der Waals surface area (Å²) >= 11 is 0. The second-order valence-electron chi connectivity index (χ2n) is 3.70. The summed E-state index contributed by atoms with van der Waals surface area (Å²) in [6.07, 6.45) is 3.37. The number of benzene rings is 1. The fourth-order valence-corrected chi connectivity index (χ4v) is 1.49. The molecular weight excluding hydrogens is 220 g/mol. The number of hydrogen-bond donors (Lipinski definition) is 0. The van der Waals surface area contributed by atoms with Gasteiger partial charge >= 0.3 is 0 Å². The molecule has 1 aromatic carbocycles. The fraction of sp³-hybridized carbons (Fsp3) is 0.647. The minimum Gasteiger partial charge on any atom is -0.381 e. The van der Waals surface area contributed by atoms with Crippen molar-refractivity contribution in [2.45, 2.75) is 60.8 Å². The molecule has 0 atom stereocenters. The molecule has 0 bridgehead atoms. The van der Waals surface area contributed by atoms with Crippen LogP contribution in [-0.2, 0) is 11.2 Å². The molecule has 0 aromatic heterocycles. The van der Waals surface area contributed by atoms with Crippen molar-refractivity contribution in [3.63, 3.8) is 0 Å². The lowest BCUT2D eigenvalue weighted by atomic mass is 10.1. The van der Waals surface area contributed by atoms with Crippen LogP contribution in [0.25, 0.3) is 0 Å². The lowest BCUT2D eigenvalue weighted by Crippen LogP contribution is -1.97. The topological polar surface area (TPSA) is 9.23 Å². The first kappa shape index (κ1) is 19.5. The SMILES string of the molecule is CC.CC.CCCOCCCc1cccc(C)c1. The normalized spacial score (nSPS) is 8.78. The zero-order chi connectivity index (χ0) is 14.2. The van der Waals surface area contributed by atoms with Crippen LogP contribution in [0.3, 0.4) is 0 Å². The highest BCUT2D eigenvalue weighted by atomic mass is 16.5. The second-order valence-corrected chi connectivity index (χ2v) is 3.70. The highest BCUT2D eigenvalue weighted by molar-refractivity contribution is 5.22. The van der Waals surface area contributed by atoms with E-state index in [9.17, 15) is 0 Å². The molecule has 1 rings (SSSR count). The van der Waals surface area contributed by atoms with Crippen LogP contribution in [0.15, 0.2) is 24.3 Å². The first-order valence-electron chi connectivity index (χ1n) is 7.46. The molecule has 1 heteroatoms. The molecule has 0 N–H and O–H groups in total. The molecule has 1 nitrogen and oxygen atoms in total. The van der Waals surface area contributed by atoms with E-state index < -0.39 is 0 Å². The average molecular weight is 252 g/mol. The fourth-order valence-electron chi connectivity index (χ4n) is 1.49. The zero-order valence-electron chi connectivity index (χ0n) is 13.3. The van der Waals surface area contributed by atoms with Crippen LogP contribution in [0, 0.1) is 6.92 Å². The van der Waals surface area contributed by atoms with Gasteiger partial charge in [-0.15, -0.1) is 0 Å². The van der Waals surface area contributed by atoms with Crippen molar-refractivity contribution in [2.24, 2.45) is 0 Å². The standard InChI is InChI=1S/C13H20O.2C2H6/c1-3-9-14-10-5-8-13-7-4-6-12(2)11-13;2*1-2/h4,6-7,11H,3,5,8-10H2,1-2H3;2*1-2H3. The molecule has 0 aliphatic heterocycles. The summed E-state index contributed by atoms with van der Waals surface area (Å²) in [5, 5.41) is 0. The first-order chi connectivity index (χ1) is 8.83. The predicted octanol–water partition coefficient (Wildman–Crippen LogP) is 5.41. The summed E-state index contributed by atoms with van der Waals surface area (Å²) < 4.78 is 5.43. The van der Waals surface area contributed by atoms with Gasteiger partial charge in [0.2, 0.25) is 0 Å². The minimum absolute atomic E-state index is 0.891. The maximum atomic E-state index is 5.43.